The Hall–Kier alpha value is -2.43. The summed E-state index contributed by atoms with van der Waals surface area (Å²) in [7, 11) is 0. The number of carbonyl (C=O) groups is 1. The van der Waals surface area contributed by atoms with Gasteiger partial charge in [-0.15, -0.1) is 0 Å². The molecule has 0 atom stereocenters. The number of carbonyl (C=O) groups excluding carboxylic acids is 1. The molecule has 0 unspecified atom stereocenters. The van der Waals surface area contributed by atoms with Gasteiger partial charge in [-0.25, -0.2) is 4.39 Å². The Labute approximate surface area is 123 Å². The van der Waals surface area contributed by atoms with Crippen LogP contribution in [-0.2, 0) is 0 Å². The maximum absolute atomic E-state index is 13.6. The standard InChI is InChI=1S/C16H18FN3O/c1-3-7-18-12-6-8-19-15(10-12)16(21)20-14-9-11(2)4-5-13(14)17/h4-6,8-10H,3,7H2,1-2H3,(H,18,19)(H,20,21). The van der Waals surface area contributed by atoms with Crippen molar-refractivity contribution in [3.63, 3.8) is 0 Å². The lowest BCUT2D eigenvalue weighted by Crippen LogP contribution is -2.15. The minimum atomic E-state index is -0.464. The van der Waals surface area contributed by atoms with Gasteiger partial charge in [-0.1, -0.05) is 13.0 Å². The van der Waals surface area contributed by atoms with Crippen LogP contribution in [0.2, 0.25) is 0 Å². The molecule has 0 saturated heterocycles. The van der Waals surface area contributed by atoms with Crippen molar-refractivity contribution in [1.29, 1.82) is 0 Å². The Morgan fingerprint density at radius 3 is 2.86 bits per heavy atom. The molecule has 1 amide bonds. The number of amides is 1. The number of nitrogens with one attached hydrogen (secondary N) is 2. The Kier molecular flexibility index (Phi) is 4.87. The number of pyridine rings is 1. The summed E-state index contributed by atoms with van der Waals surface area (Å²) in [6.07, 6.45) is 2.54. The molecule has 0 aliphatic rings. The predicted molar refractivity (Wildman–Crippen MR) is 82.1 cm³/mol. The van der Waals surface area contributed by atoms with E-state index in [0.717, 1.165) is 24.2 Å². The van der Waals surface area contributed by atoms with E-state index in [-0.39, 0.29) is 11.4 Å². The van der Waals surface area contributed by atoms with Gasteiger partial charge in [0.05, 0.1) is 5.69 Å². The van der Waals surface area contributed by atoms with Crippen molar-refractivity contribution in [3.8, 4) is 0 Å². The van der Waals surface area contributed by atoms with E-state index >= 15 is 0 Å². The number of anilines is 2. The first-order chi connectivity index (χ1) is 10.1. The molecule has 0 aliphatic heterocycles. The van der Waals surface area contributed by atoms with Gasteiger partial charge in [-0.2, -0.15) is 0 Å². The lowest BCUT2D eigenvalue weighted by Gasteiger charge is -2.09. The summed E-state index contributed by atoms with van der Waals surface area (Å²) in [6.45, 7) is 4.71. The molecule has 2 aromatic rings. The Balaban J connectivity index is 2.14. The third-order valence-corrected chi connectivity index (χ3v) is 2.94. The van der Waals surface area contributed by atoms with E-state index in [9.17, 15) is 9.18 Å². The second-order valence-corrected chi connectivity index (χ2v) is 4.79. The van der Waals surface area contributed by atoms with Crippen molar-refractivity contribution in [3.05, 3.63) is 53.6 Å². The highest BCUT2D eigenvalue weighted by Gasteiger charge is 2.11. The topological polar surface area (TPSA) is 54.0 Å². The fourth-order valence-electron chi connectivity index (χ4n) is 1.86. The normalized spacial score (nSPS) is 10.2. The number of aromatic nitrogens is 1. The molecular weight excluding hydrogens is 269 g/mol. The number of aryl methyl sites for hydroxylation is 1. The van der Waals surface area contributed by atoms with Gasteiger partial charge < -0.3 is 10.6 Å². The van der Waals surface area contributed by atoms with Crippen LogP contribution in [0.5, 0.6) is 0 Å². The van der Waals surface area contributed by atoms with Crippen molar-refractivity contribution >= 4 is 17.3 Å². The van der Waals surface area contributed by atoms with Crippen LogP contribution in [0.3, 0.4) is 0 Å². The zero-order valence-electron chi connectivity index (χ0n) is 12.1. The van der Waals surface area contributed by atoms with Crippen LogP contribution < -0.4 is 10.6 Å². The molecule has 5 heteroatoms. The molecule has 4 nitrogen and oxygen atoms in total. The van der Waals surface area contributed by atoms with E-state index in [2.05, 4.69) is 22.5 Å². The molecule has 1 heterocycles. The van der Waals surface area contributed by atoms with Crippen LogP contribution in [0.4, 0.5) is 15.8 Å². The van der Waals surface area contributed by atoms with Gasteiger partial charge in [0.25, 0.3) is 5.91 Å². The zero-order chi connectivity index (χ0) is 15.2. The summed E-state index contributed by atoms with van der Waals surface area (Å²) in [5, 5.41) is 5.73. The van der Waals surface area contributed by atoms with E-state index < -0.39 is 11.7 Å². The number of rotatable bonds is 5. The summed E-state index contributed by atoms with van der Waals surface area (Å²) in [5.41, 5.74) is 2.10. The first-order valence-electron chi connectivity index (χ1n) is 6.87. The zero-order valence-corrected chi connectivity index (χ0v) is 12.1. The highest BCUT2D eigenvalue weighted by atomic mass is 19.1. The fraction of sp³-hybridized carbons (Fsp3) is 0.250. The SMILES string of the molecule is CCCNc1ccnc(C(=O)Nc2cc(C)ccc2F)c1. The van der Waals surface area contributed by atoms with Crippen molar-refractivity contribution in [2.75, 3.05) is 17.2 Å². The van der Waals surface area contributed by atoms with Crippen LogP contribution >= 0.6 is 0 Å². The summed E-state index contributed by atoms with van der Waals surface area (Å²) in [6, 6.07) is 8.01. The number of benzene rings is 1. The van der Waals surface area contributed by atoms with Crippen molar-refractivity contribution in [1.82, 2.24) is 4.98 Å². The van der Waals surface area contributed by atoms with Crippen molar-refractivity contribution in [2.24, 2.45) is 0 Å². The molecule has 1 aromatic heterocycles. The van der Waals surface area contributed by atoms with Crippen LogP contribution in [-0.4, -0.2) is 17.4 Å². The third-order valence-electron chi connectivity index (χ3n) is 2.94. The van der Waals surface area contributed by atoms with E-state index in [0.29, 0.717) is 0 Å². The van der Waals surface area contributed by atoms with Crippen molar-refractivity contribution in [2.45, 2.75) is 20.3 Å². The first-order valence-corrected chi connectivity index (χ1v) is 6.87. The lowest BCUT2D eigenvalue weighted by molar-refractivity contribution is 0.102. The van der Waals surface area contributed by atoms with Gasteiger partial charge in [0.15, 0.2) is 0 Å². The second-order valence-electron chi connectivity index (χ2n) is 4.79. The number of halogens is 1. The van der Waals surface area contributed by atoms with E-state index in [4.69, 9.17) is 0 Å². The Morgan fingerprint density at radius 2 is 2.10 bits per heavy atom. The van der Waals surface area contributed by atoms with Crippen LogP contribution in [0.15, 0.2) is 36.5 Å². The number of hydrogen-bond acceptors (Lipinski definition) is 3. The molecule has 0 bridgehead atoms. The van der Waals surface area contributed by atoms with E-state index in [1.54, 1.807) is 30.5 Å². The maximum atomic E-state index is 13.6. The fourth-order valence-corrected chi connectivity index (χ4v) is 1.86. The summed E-state index contributed by atoms with van der Waals surface area (Å²) >= 11 is 0. The van der Waals surface area contributed by atoms with Gasteiger partial charge >= 0.3 is 0 Å². The molecule has 2 N–H and O–H groups in total. The first kappa shape index (κ1) is 15.0. The minimum Gasteiger partial charge on any atom is -0.385 e. The number of nitrogens with zero attached hydrogens (tertiary/aromatic N) is 1. The lowest BCUT2D eigenvalue weighted by atomic mass is 10.2. The molecule has 110 valence electrons. The van der Waals surface area contributed by atoms with Crippen LogP contribution in [0.1, 0.15) is 29.4 Å². The average molecular weight is 287 g/mol. The maximum Gasteiger partial charge on any atom is 0.274 e. The van der Waals surface area contributed by atoms with E-state index in [1.165, 1.54) is 6.07 Å². The molecule has 1 aromatic carbocycles. The monoisotopic (exact) mass is 287 g/mol. The van der Waals surface area contributed by atoms with Gasteiger partial charge in [0.1, 0.15) is 11.5 Å². The molecule has 0 saturated carbocycles. The third kappa shape index (κ3) is 4.02. The molecule has 0 fully saturated rings. The van der Waals surface area contributed by atoms with Gasteiger partial charge in [-0.05, 0) is 43.2 Å². The molecular formula is C16H18FN3O. The Bertz CT molecular complexity index is 643. The summed E-state index contributed by atoms with van der Waals surface area (Å²) in [4.78, 5) is 16.2. The van der Waals surface area contributed by atoms with Gasteiger partial charge in [0, 0.05) is 18.4 Å². The minimum absolute atomic E-state index is 0.161. The molecule has 21 heavy (non-hydrogen) atoms. The largest absolute Gasteiger partial charge is 0.385 e. The summed E-state index contributed by atoms with van der Waals surface area (Å²) < 4.78 is 13.6. The summed E-state index contributed by atoms with van der Waals surface area (Å²) in [5.74, 6) is -0.895. The van der Waals surface area contributed by atoms with Crippen LogP contribution in [0.25, 0.3) is 0 Å². The second kappa shape index (κ2) is 6.83. The molecule has 0 spiro atoms. The highest BCUT2D eigenvalue weighted by Crippen LogP contribution is 2.17. The smallest absolute Gasteiger partial charge is 0.274 e. The quantitative estimate of drug-likeness (QED) is 0.883. The average Bonchev–Trinajstić information content (AvgIpc) is 2.49. The predicted octanol–water partition coefficient (Wildman–Crippen LogP) is 3.60. The molecule has 0 aliphatic carbocycles. The van der Waals surface area contributed by atoms with Gasteiger partial charge in [-0.3, -0.25) is 9.78 Å². The van der Waals surface area contributed by atoms with Crippen molar-refractivity contribution < 1.29 is 9.18 Å². The Morgan fingerprint density at radius 1 is 1.29 bits per heavy atom. The van der Waals surface area contributed by atoms with E-state index in [1.807, 2.05) is 6.92 Å². The van der Waals surface area contributed by atoms with Crippen LogP contribution in [0, 0.1) is 12.7 Å². The number of hydrogen-bond donors (Lipinski definition) is 2. The molecule has 0 radical (unpaired) electrons. The highest BCUT2D eigenvalue weighted by molar-refractivity contribution is 6.03. The molecule has 2 rings (SSSR count). The van der Waals surface area contributed by atoms with Gasteiger partial charge in [0.2, 0.25) is 0 Å².